The van der Waals surface area contributed by atoms with Crippen molar-refractivity contribution >= 4 is 11.9 Å². The Labute approximate surface area is 136 Å². The van der Waals surface area contributed by atoms with Crippen molar-refractivity contribution in [3.63, 3.8) is 0 Å². The first-order chi connectivity index (χ1) is 10.9. The second-order valence-corrected chi connectivity index (χ2v) is 5.12. The normalized spacial score (nSPS) is 24.1. The molecule has 1 aliphatic rings. The van der Waals surface area contributed by atoms with Crippen LogP contribution in [0.3, 0.4) is 0 Å². The molecular formula is C17H24O6. The van der Waals surface area contributed by atoms with E-state index in [9.17, 15) is 9.59 Å². The molecule has 0 fully saturated rings. The van der Waals surface area contributed by atoms with Crippen molar-refractivity contribution < 1.29 is 28.5 Å². The molecule has 128 valence electrons. The van der Waals surface area contributed by atoms with Gasteiger partial charge in [0.25, 0.3) is 0 Å². The van der Waals surface area contributed by atoms with Gasteiger partial charge in [0.05, 0.1) is 6.61 Å². The molecule has 0 saturated carbocycles. The van der Waals surface area contributed by atoms with E-state index in [1.165, 1.54) is 13.8 Å². The Morgan fingerprint density at radius 3 is 2.57 bits per heavy atom. The van der Waals surface area contributed by atoms with Crippen LogP contribution in [-0.4, -0.2) is 43.7 Å². The van der Waals surface area contributed by atoms with Gasteiger partial charge in [-0.15, -0.1) is 0 Å². The van der Waals surface area contributed by atoms with Crippen LogP contribution in [-0.2, 0) is 28.5 Å². The SMILES string of the molecule is C=C/C(C)=C/CCO[C@@H]1C=C[C@H](OC(C)=O)[C@@H](COC(C)=O)O1. The van der Waals surface area contributed by atoms with Gasteiger partial charge in [-0.2, -0.15) is 0 Å². The predicted molar refractivity (Wildman–Crippen MR) is 84.5 cm³/mol. The molecule has 1 aliphatic heterocycles. The van der Waals surface area contributed by atoms with Crippen LogP contribution in [0.15, 0.2) is 36.5 Å². The number of hydrogen-bond donors (Lipinski definition) is 0. The topological polar surface area (TPSA) is 71.1 Å². The van der Waals surface area contributed by atoms with E-state index in [-0.39, 0.29) is 6.61 Å². The Morgan fingerprint density at radius 2 is 1.96 bits per heavy atom. The van der Waals surface area contributed by atoms with Gasteiger partial charge in [-0.25, -0.2) is 0 Å². The fourth-order valence-electron chi connectivity index (χ4n) is 1.91. The number of carbonyl (C=O) groups excluding carboxylic acids is 2. The first-order valence-corrected chi connectivity index (χ1v) is 7.47. The van der Waals surface area contributed by atoms with Crippen LogP contribution < -0.4 is 0 Å². The van der Waals surface area contributed by atoms with Crippen LogP contribution in [0, 0.1) is 0 Å². The lowest BCUT2D eigenvalue weighted by molar-refractivity contribution is -0.196. The maximum Gasteiger partial charge on any atom is 0.303 e. The molecule has 0 saturated heterocycles. The molecule has 0 aromatic rings. The minimum atomic E-state index is -0.602. The zero-order chi connectivity index (χ0) is 17.2. The third-order valence-electron chi connectivity index (χ3n) is 3.07. The Hall–Kier alpha value is -1.92. The van der Waals surface area contributed by atoms with Gasteiger partial charge in [0, 0.05) is 13.8 Å². The molecule has 6 nitrogen and oxygen atoms in total. The van der Waals surface area contributed by atoms with Crippen molar-refractivity contribution in [2.45, 2.75) is 45.7 Å². The molecule has 1 rings (SSSR count). The van der Waals surface area contributed by atoms with E-state index in [1.54, 1.807) is 18.2 Å². The molecule has 0 aromatic carbocycles. The number of rotatable bonds is 8. The molecule has 0 bridgehead atoms. The van der Waals surface area contributed by atoms with Crippen molar-refractivity contribution in [1.82, 2.24) is 0 Å². The van der Waals surface area contributed by atoms with Gasteiger partial charge >= 0.3 is 11.9 Å². The third kappa shape index (κ3) is 7.76. The van der Waals surface area contributed by atoms with E-state index in [0.717, 1.165) is 12.0 Å². The minimum Gasteiger partial charge on any atom is -0.463 e. The van der Waals surface area contributed by atoms with Gasteiger partial charge in [0.15, 0.2) is 6.29 Å². The van der Waals surface area contributed by atoms with Crippen LogP contribution in [0.2, 0.25) is 0 Å². The fraction of sp³-hybridized carbons (Fsp3) is 0.529. The second-order valence-electron chi connectivity index (χ2n) is 5.12. The monoisotopic (exact) mass is 324 g/mol. The molecule has 0 aliphatic carbocycles. The van der Waals surface area contributed by atoms with Crippen molar-refractivity contribution in [3.8, 4) is 0 Å². The van der Waals surface area contributed by atoms with Crippen molar-refractivity contribution in [2.75, 3.05) is 13.2 Å². The Balaban J connectivity index is 2.54. The quantitative estimate of drug-likeness (QED) is 0.295. The van der Waals surface area contributed by atoms with Crippen LogP contribution in [0.4, 0.5) is 0 Å². The van der Waals surface area contributed by atoms with Crippen LogP contribution >= 0.6 is 0 Å². The zero-order valence-electron chi connectivity index (χ0n) is 13.8. The van der Waals surface area contributed by atoms with E-state index >= 15 is 0 Å². The van der Waals surface area contributed by atoms with Crippen molar-refractivity contribution in [3.05, 3.63) is 36.5 Å². The molecule has 0 radical (unpaired) electrons. The smallest absolute Gasteiger partial charge is 0.303 e. The van der Waals surface area contributed by atoms with E-state index < -0.39 is 30.4 Å². The van der Waals surface area contributed by atoms with Crippen LogP contribution in [0.25, 0.3) is 0 Å². The van der Waals surface area contributed by atoms with Gasteiger partial charge in [-0.3, -0.25) is 9.59 Å². The van der Waals surface area contributed by atoms with Gasteiger partial charge in [-0.1, -0.05) is 24.3 Å². The summed E-state index contributed by atoms with van der Waals surface area (Å²) >= 11 is 0. The van der Waals surface area contributed by atoms with E-state index in [4.69, 9.17) is 18.9 Å². The molecule has 3 atom stereocenters. The van der Waals surface area contributed by atoms with Crippen molar-refractivity contribution in [1.29, 1.82) is 0 Å². The summed E-state index contributed by atoms with van der Waals surface area (Å²) in [6, 6.07) is 0. The standard InChI is InChI=1S/C17H24O6/c1-5-12(2)7-6-10-20-17-9-8-15(22-14(4)19)16(23-17)11-21-13(3)18/h5,7-9,15-17H,1,6,10-11H2,2-4H3/b12-7+/t15-,16+,17-/m0/s1. The molecule has 0 N–H and O–H groups in total. The number of carbonyl (C=O) groups is 2. The number of esters is 2. The average molecular weight is 324 g/mol. The summed E-state index contributed by atoms with van der Waals surface area (Å²) < 4.78 is 21.4. The summed E-state index contributed by atoms with van der Waals surface area (Å²) in [4.78, 5) is 22.1. The summed E-state index contributed by atoms with van der Waals surface area (Å²) in [5.41, 5.74) is 1.08. The lowest BCUT2D eigenvalue weighted by Gasteiger charge is -2.31. The maximum atomic E-state index is 11.1. The van der Waals surface area contributed by atoms with Crippen LogP contribution in [0.5, 0.6) is 0 Å². The summed E-state index contributed by atoms with van der Waals surface area (Å²) in [5, 5.41) is 0. The van der Waals surface area contributed by atoms with E-state index in [0.29, 0.717) is 6.61 Å². The van der Waals surface area contributed by atoms with Gasteiger partial charge in [-0.05, 0) is 25.5 Å². The van der Waals surface area contributed by atoms with E-state index in [1.807, 2.05) is 13.0 Å². The molecule has 23 heavy (non-hydrogen) atoms. The average Bonchev–Trinajstić information content (AvgIpc) is 2.50. The Bertz CT molecular complexity index is 479. The fourth-order valence-corrected chi connectivity index (χ4v) is 1.91. The zero-order valence-corrected chi connectivity index (χ0v) is 13.8. The van der Waals surface area contributed by atoms with Crippen LogP contribution in [0.1, 0.15) is 27.2 Å². The number of ether oxygens (including phenoxy) is 4. The summed E-state index contributed by atoms with van der Waals surface area (Å²) in [5.74, 6) is -0.854. The Morgan fingerprint density at radius 1 is 1.22 bits per heavy atom. The highest BCUT2D eigenvalue weighted by Crippen LogP contribution is 2.18. The molecule has 0 amide bonds. The van der Waals surface area contributed by atoms with E-state index in [2.05, 4.69) is 6.58 Å². The lowest BCUT2D eigenvalue weighted by atomic mass is 10.1. The maximum absolute atomic E-state index is 11.1. The first kappa shape index (κ1) is 19.1. The van der Waals surface area contributed by atoms with Gasteiger partial charge in [0.2, 0.25) is 0 Å². The number of allylic oxidation sites excluding steroid dienone is 2. The predicted octanol–water partition coefficient (Wildman–Crippen LogP) is 2.30. The third-order valence-corrected chi connectivity index (χ3v) is 3.07. The second kappa shape index (κ2) is 9.97. The minimum absolute atomic E-state index is 0.00699. The molecule has 1 heterocycles. The summed E-state index contributed by atoms with van der Waals surface area (Å²) in [6.07, 6.45) is 6.12. The van der Waals surface area contributed by atoms with Gasteiger partial charge in [0.1, 0.15) is 18.8 Å². The highest BCUT2D eigenvalue weighted by atomic mass is 16.7. The summed E-state index contributed by atoms with van der Waals surface area (Å²) in [7, 11) is 0. The molecule has 0 spiro atoms. The first-order valence-electron chi connectivity index (χ1n) is 7.47. The van der Waals surface area contributed by atoms with Gasteiger partial charge < -0.3 is 18.9 Å². The molecule has 0 aromatic heterocycles. The highest BCUT2D eigenvalue weighted by molar-refractivity contribution is 5.66. The Kier molecular flexibility index (Phi) is 8.29. The summed E-state index contributed by atoms with van der Waals surface area (Å²) in [6.45, 7) is 8.72. The molecular weight excluding hydrogens is 300 g/mol. The van der Waals surface area contributed by atoms with Crippen molar-refractivity contribution in [2.24, 2.45) is 0 Å². The largest absolute Gasteiger partial charge is 0.463 e. The highest BCUT2D eigenvalue weighted by Gasteiger charge is 2.30. The lowest BCUT2D eigenvalue weighted by Crippen LogP contribution is -2.42. The molecule has 6 heteroatoms. The molecule has 0 unspecified atom stereocenters. The number of hydrogen-bond acceptors (Lipinski definition) is 6.